The maximum absolute atomic E-state index is 12.1. The molecular formula is C15H23N3O3. The lowest BCUT2D eigenvalue weighted by molar-refractivity contribution is -0.144. The average Bonchev–Trinajstić information content (AvgIpc) is 2.68. The lowest BCUT2D eigenvalue weighted by Gasteiger charge is -2.13. The Bertz CT molecular complexity index is 534. The van der Waals surface area contributed by atoms with Crippen LogP contribution in [0.3, 0.4) is 0 Å². The Morgan fingerprint density at radius 1 is 1.52 bits per heavy atom. The minimum absolute atomic E-state index is 0.0217. The molecule has 21 heavy (non-hydrogen) atoms. The second-order valence-corrected chi connectivity index (χ2v) is 5.19. The molecule has 6 heteroatoms. The van der Waals surface area contributed by atoms with E-state index in [0.717, 1.165) is 11.3 Å². The number of rotatable bonds is 7. The molecule has 1 aromatic heterocycles. The van der Waals surface area contributed by atoms with E-state index in [9.17, 15) is 9.59 Å². The Balaban J connectivity index is 2.76. The molecule has 1 amide bonds. The van der Waals surface area contributed by atoms with E-state index < -0.39 is 0 Å². The fraction of sp³-hybridized carbons (Fsp3) is 0.533. The van der Waals surface area contributed by atoms with Crippen molar-refractivity contribution in [1.29, 1.82) is 0 Å². The molecular weight excluding hydrogens is 270 g/mol. The second-order valence-electron chi connectivity index (χ2n) is 5.19. The molecule has 0 bridgehead atoms. The van der Waals surface area contributed by atoms with E-state index in [1.807, 2.05) is 13.8 Å². The van der Waals surface area contributed by atoms with Gasteiger partial charge in [0.15, 0.2) is 0 Å². The van der Waals surface area contributed by atoms with E-state index in [4.69, 9.17) is 4.74 Å². The summed E-state index contributed by atoms with van der Waals surface area (Å²) in [6, 6.07) is 1.73. The summed E-state index contributed by atoms with van der Waals surface area (Å²) >= 11 is 0. The van der Waals surface area contributed by atoms with Gasteiger partial charge >= 0.3 is 5.97 Å². The molecule has 0 aromatic carbocycles. The third kappa shape index (κ3) is 5.41. The van der Waals surface area contributed by atoms with Crippen molar-refractivity contribution in [1.82, 2.24) is 9.78 Å². The third-order valence-corrected chi connectivity index (χ3v) is 2.84. The number of hydrogen-bond acceptors (Lipinski definition) is 4. The quantitative estimate of drug-likeness (QED) is 0.618. The summed E-state index contributed by atoms with van der Waals surface area (Å²) in [5.74, 6) is -0.193. The van der Waals surface area contributed by atoms with Crippen molar-refractivity contribution >= 4 is 17.7 Å². The van der Waals surface area contributed by atoms with Crippen molar-refractivity contribution in [3.8, 4) is 0 Å². The number of aromatic nitrogens is 2. The average molecular weight is 293 g/mol. The largest absolute Gasteiger partial charge is 0.465 e. The number of carbonyl (C=O) groups is 2. The zero-order valence-corrected chi connectivity index (χ0v) is 13.1. The number of esters is 1. The fourth-order valence-corrected chi connectivity index (χ4v) is 1.96. The molecule has 1 atom stereocenters. The van der Waals surface area contributed by atoms with Gasteiger partial charge in [-0.15, -0.1) is 6.58 Å². The van der Waals surface area contributed by atoms with Gasteiger partial charge in [-0.05, 0) is 27.2 Å². The van der Waals surface area contributed by atoms with Crippen LogP contribution in [-0.2, 0) is 20.9 Å². The highest BCUT2D eigenvalue weighted by Crippen LogP contribution is 2.15. The zero-order chi connectivity index (χ0) is 16.0. The molecule has 0 aliphatic heterocycles. The highest BCUT2D eigenvalue weighted by atomic mass is 16.5. The molecule has 0 spiro atoms. The summed E-state index contributed by atoms with van der Waals surface area (Å²) in [6.07, 6.45) is 0.622. The highest BCUT2D eigenvalue weighted by Gasteiger charge is 2.17. The van der Waals surface area contributed by atoms with Gasteiger partial charge in [0.2, 0.25) is 5.91 Å². The molecule has 1 aromatic rings. The smallest absolute Gasteiger partial charge is 0.327 e. The number of allylic oxidation sites excluding steroid dienone is 1. The van der Waals surface area contributed by atoms with E-state index in [0.29, 0.717) is 18.8 Å². The van der Waals surface area contributed by atoms with Gasteiger partial charge in [0, 0.05) is 12.0 Å². The van der Waals surface area contributed by atoms with Crippen LogP contribution >= 0.6 is 0 Å². The van der Waals surface area contributed by atoms with Crippen LogP contribution in [0, 0.1) is 12.8 Å². The third-order valence-electron chi connectivity index (χ3n) is 2.84. The first-order chi connectivity index (χ1) is 9.83. The van der Waals surface area contributed by atoms with Crippen LogP contribution in [0.1, 0.15) is 32.9 Å². The molecule has 0 fully saturated rings. The monoisotopic (exact) mass is 293 g/mol. The van der Waals surface area contributed by atoms with Crippen LogP contribution in [0.5, 0.6) is 0 Å². The van der Waals surface area contributed by atoms with Crippen molar-refractivity contribution in [2.24, 2.45) is 5.92 Å². The van der Waals surface area contributed by atoms with Crippen molar-refractivity contribution < 1.29 is 14.3 Å². The van der Waals surface area contributed by atoms with Crippen LogP contribution in [0.25, 0.3) is 0 Å². The highest BCUT2D eigenvalue weighted by molar-refractivity contribution is 5.91. The van der Waals surface area contributed by atoms with E-state index in [1.165, 1.54) is 4.68 Å². The Morgan fingerprint density at radius 2 is 2.19 bits per heavy atom. The summed E-state index contributed by atoms with van der Waals surface area (Å²) in [5.41, 5.74) is 1.68. The summed E-state index contributed by atoms with van der Waals surface area (Å²) in [4.78, 5) is 23.6. The van der Waals surface area contributed by atoms with Gasteiger partial charge in [0.25, 0.3) is 0 Å². The van der Waals surface area contributed by atoms with Gasteiger partial charge < -0.3 is 10.1 Å². The van der Waals surface area contributed by atoms with Crippen molar-refractivity contribution in [2.75, 3.05) is 11.9 Å². The maximum atomic E-state index is 12.1. The van der Waals surface area contributed by atoms with Gasteiger partial charge in [0.1, 0.15) is 12.4 Å². The summed E-state index contributed by atoms with van der Waals surface area (Å²) in [5, 5.41) is 6.99. The van der Waals surface area contributed by atoms with Crippen molar-refractivity contribution in [3.05, 3.63) is 23.9 Å². The second kappa shape index (κ2) is 7.61. The topological polar surface area (TPSA) is 73.2 Å². The molecule has 6 nitrogen and oxygen atoms in total. The molecule has 116 valence electrons. The summed E-state index contributed by atoms with van der Waals surface area (Å²) < 4.78 is 6.33. The van der Waals surface area contributed by atoms with Crippen LogP contribution < -0.4 is 5.32 Å². The van der Waals surface area contributed by atoms with E-state index >= 15 is 0 Å². The van der Waals surface area contributed by atoms with Gasteiger partial charge in [0.05, 0.1) is 12.3 Å². The Kier molecular flexibility index (Phi) is 6.14. The number of ether oxygens (including phenoxy) is 1. The predicted octanol–water partition coefficient (Wildman–Crippen LogP) is 2.30. The number of hydrogen-bond donors (Lipinski definition) is 1. The summed E-state index contributed by atoms with van der Waals surface area (Å²) in [6.45, 7) is 11.4. The minimum Gasteiger partial charge on any atom is -0.465 e. The number of aryl methyl sites for hydroxylation is 1. The zero-order valence-electron chi connectivity index (χ0n) is 13.1. The molecule has 0 aliphatic rings. The van der Waals surface area contributed by atoms with Gasteiger partial charge in [-0.3, -0.25) is 9.59 Å². The van der Waals surface area contributed by atoms with Crippen LogP contribution in [0.15, 0.2) is 18.2 Å². The number of amides is 1. The van der Waals surface area contributed by atoms with E-state index in [2.05, 4.69) is 17.0 Å². The first-order valence-corrected chi connectivity index (χ1v) is 6.98. The first kappa shape index (κ1) is 16.9. The van der Waals surface area contributed by atoms with Gasteiger partial charge in [-0.25, -0.2) is 4.68 Å². The van der Waals surface area contributed by atoms with Gasteiger partial charge in [-0.2, -0.15) is 5.10 Å². The number of nitrogens with zero attached hydrogens (tertiary/aromatic N) is 2. The lowest BCUT2D eigenvalue weighted by Crippen LogP contribution is -2.24. The standard InChI is InChI=1S/C15H23N3O3/c1-6-21-14(19)9-18-13(8-12(5)17-18)16-15(20)11(4)7-10(2)3/h8,11H,2,6-7,9H2,1,3-5H3,(H,16,20). The van der Waals surface area contributed by atoms with Crippen LogP contribution in [0.4, 0.5) is 5.82 Å². The van der Waals surface area contributed by atoms with E-state index in [1.54, 1.807) is 19.9 Å². The lowest BCUT2D eigenvalue weighted by atomic mass is 10.0. The molecule has 1 heterocycles. The van der Waals surface area contributed by atoms with Crippen LogP contribution in [0.2, 0.25) is 0 Å². The molecule has 0 radical (unpaired) electrons. The molecule has 1 rings (SSSR count). The summed E-state index contributed by atoms with van der Waals surface area (Å²) in [7, 11) is 0. The number of nitrogens with one attached hydrogen (secondary N) is 1. The molecule has 1 unspecified atom stereocenters. The molecule has 0 saturated heterocycles. The SMILES string of the molecule is C=C(C)CC(C)C(=O)Nc1cc(C)nn1CC(=O)OCC. The van der Waals surface area contributed by atoms with E-state index in [-0.39, 0.29) is 24.3 Å². The van der Waals surface area contributed by atoms with Crippen LogP contribution in [-0.4, -0.2) is 28.3 Å². The molecule has 0 aliphatic carbocycles. The fourth-order valence-electron chi connectivity index (χ4n) is 1.96. The minimum atomic E-state index is -0.383. The predicted molar refractivity (Wildman–Crippen MR) is 80.8 cm³/mol. The van der Waals surface area contributed by atoms with Crippen molar-refractivity contribution in [3.63, 3.8) is 0 Å². The van der Waals surface area contributed by atoms with Crippen molar-refractivity contribution in [2.45, 2.75) is 40.7 Å². The molecule has 0 saturated carbocycles. The van der Waals surface area contributed by atoms with Gasteiger partial charge in [-0.1, -0.05) is 12.5 Å². The Hall–Kier alpha value is -2.11. The Morgan fingerprint density at radius 3 is 2.76 bits per heavy atom. The number of carbonyl (C=O) groups excluding carboxylic acids is 2. The normalized spacial score (nSPS) is 11.8. The number of anilines is 1. The molecule has 1 N–H and O–H groups in total. The first-order valence-electron chi connectivity index (χ1n) is 6.98. The maximum Gasteiger partial charge on any atom is 0.327 e. The Labute approximate surface area is 125 Å².